The van der Waals surface area contributed by atoms with Crippen LogP contribution >= 0.6 is 0 Å². The molecule has 0 fully saturated rings. The maximum absolute atomic E-state index is 12.0. The number of esters is 1. The standard InChI is InChI=1S/C39H54O3/c1-4-6-8-9-10-11-12-13-14-15-16-19-31-41-36-29-27-35(28-30-36)38-21-18-17-20-37(38)34-25-23-33(24-26-34)32(3)42-39(40)22-7-5-2/h17-18,20-21,23-30,32H,4-16,19,22,31H2,1-3H3. The predicted molar refractivity (Wildman–Crippen MR) is 178 cm³/mol. The van der Waals surface area contributed by atoms with Gasteiger partial charge in [-0.3, -0.25) is 4.79 Å². The Hall–Kier alpha value is -3.07. The van der Waals surface area contributed by atoms with Crippen LogP contribution in [0.5, 0.6) is 5.75 Å². The SMILES string of the molecule is CCCCCCCCCCCCCCOc1ccc(-c2ccccc2-c2ccc(C(C)OC(=O)CCCC)cc2)cc1. The average Bonchev–Trinajstić information content (AvgIpc) is 3.02. The van der Waals surface area contributed by atoms with E-state index in [1.165, 1.54) is 87.3 Å². The zero-order chi connectivity index (χ0) is 29.8. The van der Waals surface area contributed by atoms with E-state index in [0.29, 0.717) is 6.42 Å². The van der Waals surface area contributed by atoms with Gasteiger partial charge in [0.2, 0.25) is 0 Å². The van der Waals surface area contributed by atoms with Crippen LogP contribution in [0.3, 0.4) is 0 Å². The van der Waals surface area contributed by atoms with Crippen LogP contribution in [0.15, 0.2) is 72.8 Å². The van der Waals surface area contributed by atoms with Gasteiger partial charge in [0.1, 0.15) is 11.9 Å². The molecule has 1 unspecified atom stereocenters. The van der Waals surface area contributed by atoms with E-state index >= 15 is 0 Å². The molecule has 0 aliphatic carbocycles. The second-order valence-electron chi connectivity index (χ2n) is 11.7. The van der Waals surface area contributed by atoms with E-state index in [2.05, 4.69) is 86.6 Å². The fourth-order valence-electron chi connectivity index (χ4n) is 5.43. The summed E-state index contributed by atoms with van der Waals surface area (Å²) in [4.78, 5) is 12.0. The molecular weight excluding hydrogens is 516 g/mol. The third-order valence-electron chi connectivity index (χ3n) is 8.09. The van der Waals surface area contributed by atoms with E-state index in [1.54, 1.807) is 0 Å². The molecule has 0 aliphatic heterocycles. The molecule has 0 radical (unpaired) electrons. The Balaban J connectivity index is 1.42. The first kappa shape index (κ1) is 33.4. The molecule has 0 saturated heterocycles. The molecule has 3 nitrogen and oxygen atoms in total. The molecule has 3 heteroatoms. The van der Waals surface area contributed by atoms with Gasteiger partial charge in [0.25, 0.3) is 0 Å². The van der Waals surface area contributed by atoms with E-state index in [1.807, 2.05) is 6.92 Å². The van der Waals surface area contributed by atoms with Gasteiger partial charge in [-0.25, -0.2) is 0 Å². The van der Waals surface area contributed by atoms with Crippen molar-refractivity contribution in [3.05, 3.63) is 78.4 Å². The molecule has 0 spiro atoms. The molecule has 3 aromatic rings. The highest BCUT2D eigenvalue weighted by Gasteiger charge is 2.13. The van der Waals surface area contributed by atoms with Gasteiger partial charge in [-0.1, -0.05) is 152 Å². The van der Waals surface area contributed by atoms with Gasteiger partial charge in [0.15, 0.2) is 0 Å². The highest BCUT2D eigenvalue weighted by Crippen LogP contribution is 2.34. The summed E-state index contributed by atoms with van der Waals surface area (Å²) < 4.78 is 11.7. The summed E-state index contributed by atoms with van der Waals surface area (Å²) in [6.07, 6.45) is 18.3. The lowest BCUT2D eigenvalue weighted by atomic mass is 9.94. The smallest absolute Gasteiger partial charge is 0.306 e. The monoisotopic (exact) mass is 570 g/mol. The van der Waals surface area contributed by atoms with E-state index in [0.717, 1.165) is 42.7 Å². The Labute approximate surface area is 256 Å². The van der Waals surface area contributed by atoms with Crippen molar-refractivity contribution in [2.45, 2.75) is 123 Å². The minimum absolute atomic E-state index is 0.125. The molecule has 42 heavy (non-hydrogen) atoms. The fraction of sp³-hybridized carbons (Fsp3) is 0.513. The van der Waals surface area contributed by atoms with Gasteiger partial charge in [0, 0.05) is 6.42 Å². The topological polar surface area (TPSA) is 35.5 Å². The largest absolute Gasteiger partial charge is 0.494 e. The molecule has 228 valence electrons. The Morgan fingerprint density at radius 2 is 1.07 bits per heavy atom. The first-order valence-corrected chi connectivity index (χ1v) is 16.7. The zero-order valence-electron chi connectivity index (χ0n) is 26.5. The van der Waals surface area contributed by atoms with E-state index in [9.17, 15) is 4.79 Å². The van der Waals surface area contributed by atoms with Gasteiger partial charge in [-0.05, 0) is 59.7 Å². The Kier molecular flexibility index (Phi) is 15.9. The first-order valence-electron chi connectivity index (χ1n) is 16.7. The van der Waals surface area contributed by atoms with Crippen molar-refractivity contribution in [3.8, 4) is 28.0 Å². The third kappa shape index (κ3) is 12.0. The lowest BCUT2D eigenvalue weighted by Crippen LogP contribution is -2.08. The maximum Gasteiger partial charge on any atom is 0.306 e. The van der Waals surface area contributed by atoms with Crippen molar-refractivity contribution < 1.29 is 14.3 Å². The molecule has 1 atom stereocenters. The number of carbonyl (C=O) groups excluding carboxylic acids is 1. The number of hydrogen-bond donors (Lipinski definition) is 0. The number of benzene rings is 3. The van der Waals surface area contributed by atoms with E-state index < -0.39 is 0 Å². The van der Waals surface area contributed by atoms with Crippen molar-refractivity contribution in [2.75, 3.05) is 6.61 Å². The molecule has 0 heterocycles. The number of ether oxygens (including phenoxy) is 2. The first-order chi connectivity index (χ1) is 20.6. The highest BCUT2D eigenvalue weighted by molar-refractivity contribution is 5.83. The van der Waals surface area contributed by atoms with Crippen molar-refractivity contribution >= 4 is 5.97 Å². The van der Waals surface area contributed by atoms with Crippen molar-refractivity contribution in [2.24, 2.45) is 0 Å². The maximum atomic E-state index is 12.0. The predicted octanol–water partition coefficient (Wildman–Crippen LogP) is 11.9. The van der Waals surface area contributed by atoms with E-state index in [-0.39, 0.29) is 12.1 Å². The highest BCUT2D eigenvalue weighted by atomic mass is 16.5. The summed E-state index contributed by atoms with van der Waals surface area (Å²) in [5.74, 6) is 0.811. The minimum atomic E-state index is -0.249. The van der Waals surface area contributed by atoms with E-state index in [4.69, 9.17) is 9.47 Å². The van der Waals surface area contributed by atoms with Crippen LogP contribution in [0.1, 0.15) is 129 Å². The second-order valence-corrected chi connectivity index (χ2v) is 11.7. The summed E-state index contributed by atoms with van der Waals surface area (Å²) in [5, 5.41) is 0. The van der Waals surface area contributed by atoms with Crippen molar-refractivity contribution in [1.82, 2.24) is 0 Å². The van der Waals surface area contributed by atoms with Crippen LogP contribution in [0, 0.1) is 0 Å². The van der Waals surface area contributed by atoms with Crippen LogP contribution in [0.2, 0.25) is 0 Å². The fourth-order valence-corrected chi connectivity index (χ4v) is 5.43. The molecule has 0 amide bonds. The van der Waals surface area contributed by atoms with Crippen molar-refractivity contribution in [3.63, 3.8) is 0 Å². The lowest BCUT2D eigenvalue weighted by molar-refractivity contribution is -0.148. The van der Waals surface area contributed by atoms with Gasteiger partial charge < -0.3 is 9.47 Å². The summed E-state index contributed by atoms with van der Waals surface area (Å²) in [7, 11) is 0. The Morgan fingerprint density at radius 1 is 0.595 bits per heavy atom. The summed E-state index contributed by atoms with van der Waals surface area (Å²) in [5.41, 5.74) is 5.70. The summed E-state index contributed by atoms with van der Waals surface area (Å²) >= 11 is 0. The Morgan fingerprint density at radius 3 is 1.60 bits per heavy atom. The number of hydrogen-bond acceptors (Lipinski definition) is 3. The normalized spacial score (nSPS) is 11.8. The average molecular weight is 571 g/mol. The van der Waals surface area contributed by atoms with Crippen LogP contribution < -0.4 is 4.74 Å². The molecule has 3 aromatic carbocycles. The molecule has 3 rings (SSSR count). The van der Waals surface area contributed by atoms with Crippen LogP contribution in [-0.4, -0.2) is 12.6 Å². The van der Waals surface area contributed by atoms with Gasteiger partial charge in [-0.2, -0.15) is 0 Å². The summed E-state index contributed by atoms with van der Waals surface area (Å²) in [6, 6.07) is 25.4. The summed E-state index contributed by atoms with van der Waals surface area (Å²) in [6.45, 7) is 7.08. The molecule has 0 aliphatic rings. The second kappa shape index (κ2) is 19.9. The van der Waals surface area contributed by atoms with Crippen molar-refractivity contribution in [1.29, 1.82) is 0 Å². The van der Waals surface area contributed by atoms with Gasteiger partial charge in [-0.15, -0.1) is 0 Å². The zero-order valence-corrected chi connectivity index (χ0v) is 26.5. The number of carbonyl (C=O) groups is 1. The van der Waals surface area contributed by atoms with Gasteiger partial charge in [0.05, 0.1) is 6.61 Å². The quantitative estimate of drug-likeness (QED) is 0.0943. The number of rotatable bonds is 21. The van der Waals surface area contributed by atoms with Crippen LogP contribution in [-0.2, 0) is 9.53 Å². The third-order valence-corrected chi connectivity index (χ3v) is 8.09. The Bertz CT molecular complexity index is 1130. The minimum Gasteiger partial charge on any atom is -0.494 e. The van der Waals surface area contributed by atoms with Gasteiger partial charge >= 0.3 is 5.97 Å². The molecule has 0 bridgehead atoms. The number of unbranched alkanes of at least 4 members (excludes halogenated alkanes) is 12. The molecular formula is C39H54O3. The molecule has 0 saturated carbocycles. The molecule has 0 N–H and O–H groups in total. The molecule has 0 aromatic heterocycles. The van der Waals surface area contributed by atoms with Crippen LogP contribution in [0.25, 0.3) is 22.3 Å². The van der Waals surface area contributed by atoms with Crippen LogP contribution in [0.4, 0.5) is 0 Å². The lowest BCUT2D eigenvalue weighted by Gasteiger charge is -2.15.